The van der Waals surface area contributed by atoms with Crippen molar-refractivity contribution in [1.82, 2.24) is 15.1 Å². The zero-order valence-corrected chi connectivity index (χ0v) is 13.6. The minimum absolute atomic E-state index is 0.0167. The summed E-state index contributed by atoms with van der Waals surface area (Å²) in [5, 5.41) is 2.68. The fourth-order valence-corrected chi connectivity index (χ4v) is 2.39. The van der Waals surface area contributed by atoms with E-state index < -0.39 is 0 Å². The Labute approximate surface area is 132 Å². The van der Waals surface area contributed by atoms with Crippen LogP contribution in [0.1, 0.15) is 10.4 Å². The van der Waals surface area contributed by atoms with E-state index >= 15 is 0 Å². The van der Waals surface area contributed by atoms with E-state index in [9.17, 15) is 9.59 Å². The van der Waals surface area contributed by atoms with Gasteiger partial charge in [0.25, 0.3) is 5.91 Å². The molecule has 0 bridgehead atoms. The molecule has 1 heterocycles. The summed E-state index contributed by atoms with van der Waals surface area (Å²) in [5.41, 5.74) is 0.580. The van der Waals surface area contributed by atoms with E-state index in [4.69, 9.17) is 0 Å². The Balaban J connectivity index is 1.81. The number of carbonyl (C=O) groups is 2. The molecule has 0 aromatic heterocycles. The Morgan fingerprint density at radius 2 is 1.75 bits per heavy atom. The van der Waals surface area contributed by atoms with Crippen LogP contribution in [0.3, 0.4) is 0 Å². The number of amides is 2. The van der Waals surface area contributed by atoms with Gasteiger partial charge >= 0.3 is 0 Å². The van der Waals surface area contributed by atoms with Crippen molar-refractivity contribution in [1.29, 1.82) is 0 Å². The second-order valence-electron chi connectivity index (χ2n) is 4.87. The maximum absolute atomic E-state index is 12.0. The number of hydrogen-bond acceptors (Lipinski definition) is 3. The van der Waals surface area contributed by atoms with Gasteiger partial charge < -0.3 is 15.1 Å². The fourth-order valence-electron chi connectivity index (χ4n) is 2.03. The average Bonchev–Trinajstić information content (AvgIpc) is 2.46. The third-order valence-corrected chi connectivity index (χ3v) is 4.08. The molecule has 0 spiro atoms. The number of nitrogens with zero attached hydrogens (tertiary/aromatic N) is 2. The molecule has 1 aromatic carbocycles. The normalized spacial score (nSPS) is 16.0. The van der Waals surface area contributed by atoms with E-state index in [1.807, 2.05) is 19.2 Å². The molecular formula is C14H18IN3O2. The van der Waals surface area contributed by atoms with Gasteiger partial charge in [-0.2, -0.15) is 0 Å². The molecule has 5 nitrogen and oxygen atoms in total. The molecule has 0 radical (unpaired) electrons. The van der Waals surface area contributed by atoms with Crippen LogP contribution in [0.15, 0.2) is 24.3 Å². The van der Waals surface area contributed by atoms with Crippen LogP contribution in [0.5, 0.6) is 0 Å². The predicted octanol–water partition coefficient (Wildman–Crippen LogP) is 0.795. The van der Waals surface area contributed by atoms with Gasteiger partial charge in [0.15, 0.2) is 0 Å². The van der Waals surface area contributed by atoms with Crippen molar-refractivity contribution in [2.75, 3.05) is 39.8 Å². The lowest BCUT2D eigenvalue weighted by atomic mass is 10.2. The first-order valence-electron chi connectivity index (χ1n) is 6.56. The lowest BCUT2D eigenvalue weighted by molar-refractivity contribution is -0.131. The summed E-state index contributed by atoms with van der Waals surface area (Å²) in [6.07, 6.45) is 0. The third kappa shape index (κ3) is 4.17. The van der Waals surface area contributed by atoms with E-state index in [-0.39, 0.29) is 18.4 Å². The molecule has 108 valence electrons. The maximum Gasteiger partial charge on any atom is 0.251 e. The first-order valence-corrected chi connectivity index (χ1v) is 7.64. The summed E-state index contributed by atoms with van der Waals surface area (Å²) in [6.45, 7) is 3.30. The van der Waals surface area contributed by atoms with Crippen LogP contribution in [0.25, 0.3) is 0 Å². The highest BCUT2D eigenvalue weighted by atomic mass is 127. The minimum atomic E-state index is -0.205. The first kappa shape index (κ1) is 15.2. The second-order valence-corrected chi connectivity index (χ2v) is 6.12. The molecule has 2 amide bonds. The van der Waals surface area contributed by atoms with Gasteiger partial charge in [-0.3, -0.25) is 9.59 Å². The van der Waals surface area contributed by atoms with Gasteiger partial charge in [0.1, 0.15) is 0 Å². The van der Waals surface area contributed by atoms with Crippen molar-refractivity contribution in [3.63, 3.8) is 0 Å². The Morgan fingerprint density at radius 3 is 2.35 bits per heavy atom. The lowest BCUT2D eigenvalue weighted by Crippen LogP contribution is -2.50. The van der Waals surface area contributed by atoms with Gasteiger partial charge in [-0.05, 0) is 53.9 Å². The van der Waals surface area contributed by atoms with Gasteiger partial charge in [0.2, 0.25) is 5.91 Å². The number of benzene rings is 1. The van der Waals surface area contributed by atoms with Crippen LogP contribution in [-0.2, 0) is 4.79 Å². The zero-order valence-electron chi connectivity index (χ0n) is 11.4. The molecule has 1 aliphatic rings. The number of halogens is 1. The van der Waals surface area contributed by atoms with E-state index in [1.165, 1.54) is 0 Å². The standard InChI is InChI=1S/C14H18IN3O2/c1-17-6-8-18(9-7-17)13(19)10-16-14(20)11-2-4-12(15)5-3-11/h2-5H,6-10H2,1H3,(H,16,20). The van der Waals surface area contributed by atoms with Crippen molar-refractivity contribution >= 4 is 34.4 Å². The monoisotopic (exact) mass is 387 g/mol. The Morgan fingerprint density at radius 1 is 1.15 bits per heavy atom. The van der Waals surface area contributed by atoms with Gasteiger partial charge in [-0.25, -0.2) is 0 Å². The molecule has 2 rings (SSSR count). The summed E-state index contributed by atoms with van der Waals surface area (Å²) in [5.74, 6) is -0.221. The molecule has 20 heavy (non-hydrogen) atoms. The zero-order chi connectivity index (χ0) is 14.5. The molecule has 1 N–H and O–H groups in total. The minimum Gasteiger partial charge on any atom is -0.343 e. The number of nitrogens with one attached hydrogen (secondary N) is 1. The summed E-state index contributed by atoms with van der Waals surface area (Å²) >= 11 is 2.19. The van der Waals surface area contributed by atoms with Crippen LogP contribution in [0.4, 0.5) is 0 Å². The summed E-state index contributed by atoms with van der Waals surface area (Å²) in [6, 6.07) is 7.27. The van der Waals surface area contributed by atoms with Crippen molar-refractivity contribution in [3.8, 4) is 0 Å². The lowest BCUT2D eigenvalue weighted by Gasteiger charge is -2.32. The summed E-state index contributed by atoms with van der Waals surface area (Å²) < 4.78 is 1.08. The molecular weight excluding hydrogens is 369 g/mol. The summed E-state index contributed by atoms with van der Waals surface area (Å²) in [4.78, 5) is 27.9. The molecule has 1 aromatic rings. The highest BCUT2D eigenvalue weighted by molar-refractivity contribution is 14.1. The van der Waals surface area contributed by atoms with E-state index in [0.717, 1.165) is 29.7 Å². The SMILES string of the molecule is CN1CCN(C(=O)CNC(=O)c2ccc(I)cc2)CC1. The topological polar surface area (TPSA) is 52.6 Å². The molecule has 0 aliphatic carbocycles. The van der Waals surface area contributed by atoms with Crippen LogP contribution < -0.4 is 5.32 Å². The first-order chi connectivity index (χ1) is 9.56. The summed E-state index contributed by atoms with van der Waals surface area (Å²) in [7, 11) is 2.04. The average molecular weight is 387 g/mol. The molecule has 1 fully saturated rings. The maximum atomic E-state index is 12.0. The molecule has 0 unspecified atom stereocenters. The van der Waals surface area contributed by atoms with Gasteiger partial charge in [0.05, 0.1) is 6.54 Å². The van der Waals surface area contributed by atoms with Crippen molar-refractivity contribution in [2.45, 2.75) is 0 Å². The predicted molar refractivity (Wildman–Crippen MR) is 85.6 cm³/mol. The second kappa shape index (κ2) is 7.03. The quantitative estimate of drug-likeness (QED) is 0.781. The Bertz CT molecular complexity index is 482. The molecule has 1 aliphatic heterocycles. The van der Waals surface area contributed by atoms with Crippen molar-refractivity contribution in [2.24, 2.45) is 0 Å². The van der Waals surface area contributed by atoms with Crippen LogP contribution in [-0.4, -0.2) is 61.4 Å². The number of rotatable bonds is 3. The van der Waals surface area contributed by atoms with E-state index in [1.54, 1.807) is 17.0 Å². The van der Waals surface area contributed by atoms with Gasteiger partial charge in [-0.1, -0.05) is 0 Å². The van der Waals surface area contributed by atoms with Crippen molar-refractivity contribution in [3.05, 3.63) is 33.4 Å². The molecule has 6 heteroatoms. The number of likely N-dealkylation sites (N-methyl/N-ethyl adjacent to an activating group) is 1. The van der Waals surface area contributed by atoms with E-state index in [0.29, 0.717) is 5.56 Å². The van der Waals surface area contributed by atoms with E-state index in [2.05, 4.69) is 32.8 Å². The largest absolute Gasteiger partial charge is 0.343 e. The van der Waals surface area contributed by atoms with Gasteiger partial charge in [-0.15, -0.1) is 0 Å². The van der Waals surface area contributed by atoms with Crippen molar-refractivity contribution < 1.29 is 9.59 Å². The number of hydrogen-bond donors (Lipinski definition) is 1. The highest BCUT2D eigenvalue weighted by Crippen LogP contribution is 2.06. The number of carbonyl (C=O) groups excluding carboxylic acids is 2. The Kier molecular flexibility index (Phi) is 5.36. The highest BCUT2D eigenvalue weighted by Gasteiger charge is 2.19. The third-order valence-electron chi connectivity index (χ3n) is 3.36. The fraction of sp³-hybridized carbons (Fsp3) is 0.429. The smallest absolute Gasteiger partial charge is 0.251 e. The number of piperazine rings is 1. The molecule has 0 atom stereocenters. The molecule has 0 saturated carbocycles. The van der Waals surface area contributed by atoms with Crippen LogP contribution in [0, 0.1) is 3.57 Å². The van der Waals surface area contributed by atoms with Crippen LogP contribution >= 0.6 is 22.6 Å². The van der Waals surface area contributed by atoms with Crippen LogP contribution in [0.2, 0.25) is 0 Å². The molecule has 1 saturated heterocycles. The Hall–Kier alpha value is -1.15. The van der Waals surface area contributed by atoms with Gasteiger partial charge in [0, 0.05) is 35.3 Å².